The molecule has 3 heterocycles. The molecule has 1 saturated heterocycles. The molecular weight excluding hydrogens is 316 g/mol. The van der Waals surface area contributed by atoms with Crippen LogP contribution in [0, 0.1) is 0 Å². The first-order valence-corrected chi connectivity index (χ1v) is 8.11. The second-order valence-corrected chi connectivity index (χ2v) is 5.97. The maximum atomic E-state index is 12.6. The molecule has 1 atom stereocenters. The lowest BCUT2D eigenvalue weighted by Gasteiger charge is -2.13. The molecule has 0 saturated carbocycles. The molecule has 2 N–H and O–H groups in total. The van der Waals surface area contributed by atoms with Crippen molar-refractivity contribution in [3.63, 3.8) is 0 Å². The number of nitrogens with zero attached hydrogens (tertiary/aromatic N) is 2. The predicted octanol–water partition coefficient (Wildman–Crippen LogP) is 2.83. The smallest absolute Gasteiger partial charge is 0.274 e. The van der Waals surface area contributed by atoms with Gasteiger partial charge in [0.2, 0.25) is 5.91 Å². The molecule has 0 spiro atoms. The third-order valence-corrected chi connectivity index (χ3v) is 4.29. The first-order valence-electron chi connectivity index (χ1n) is 8.11. The minimum Gasteiger partial charge on any atom is -0.349 e. The summed E-state index contributed by atoms with van der Waals surface area (Å²) in [5, 5.41) is 6.53. The molecule has 0 aliphatic carbocycles. The summed E-state index contributed by atoms with van der Waals surface area (Å²) in [6, 6.07) is 12.9. The first-order chi connectivity index (χ1) is 12.2. The van der Waals surface area contributed by atoms with E-state index in [0.717, 1.165) is 17.5 Å². The molecular formula is C19H16N4O2. The van der Waals surface area contributed by atoms with E-state index >= 15 is 0 Å². The number of nitrogens with one attached hydrogen (secondary N) is 2. The van der Waals surface area contributed by atoms with Crippen LogP contribution in [0.1, 0.15) is 34.9 Å². The van der Waals surface area contributed by atoms with Crippen molar-refractivity contribution in [3.05, 3.63) is 66.1 Å². The lowest BCUT2D eigenvalue weighted by Crippen LogP contribution is -2.19. The zero-order chi connectivity index (χ0) is 17.2. The molecule has 6 heteroatoms. The van der Waals surface area contributed by atoms with Gasteiger partial charge in [0.1, 0.15) is 5.69 Å². The van der Waals surface area contributed by atoms with Gasteiger partial charge in [-0.2, -0.15) is 0 Å². The molecule has 1 unspecified atom stereocenters. The summed E-state index contributed by atoms with van der Waals surface area (Å²) in [5.74, 6) is -0.224. The van der Waals surface area contributed by atoms with Gasteiger partial charge in [-0.05, 0) is 42.3 Å². The number of carbonyl (C=O) groups excluding carboxylic acids is 2. The minimum atomic E-state index is -0.286. The quantitative estimate of drug-likeness (QED) is 0.772. The second kappa shape index (κ2) is 6.32. The molecule has 25 heavy (non-hydrogen) atoms. The highest BCUT2D eigenvalue weighted by Gasteiger charge is 2.22. The van der Waals surface area contributed by atoms with Crippen molar-refractivity contribution in [1.29, 1.82) is 0 Å². The summed E-state index contributed by atoms with van der Waals surface area (Å²) < 4.78 is 0. The second-order valence-electron chi connectivity index (χ2n) is 5.97. The number of benzene rings is 1. The highest BCUT2D eigenvalue weighted by Crippen LogP contribution is 2.26. The molecule has 124 valence electrons. The van der Waals surface area contributed by atoms with E-state index in [1.54, 1.807) is 24.5 Å². The van der Waals surface area contributed by atoms with Crippen LogP contribution < -0.4 is 10.6 Å². The Morgan fingerprint density at radius 2 is 2.04 bits per heavy atom. The Morgan fingerprint density at radius 1 is 1.12 bits per heavy atom. The molecule has 2 aromatic heterocycles. The van der Waals surface area contributed by atoms with E-state index < -0.39 is 0 Å². The molecule has 3 aromatic rings. The highest BCUT2D eigenvalue weighted by molar-refractivity contribution is 6.10. The van der Waals surface area contributed by atoms with Crippen molar-refractivity contribution in [3.8, 4) is 0 Å². The molecule has 1 aromatic carbocycles. The monoisotopic (exact) mass is 332 g/mol. The van der Waals surface area contributed by atoms with Crippen molar-refractivity contribution < 1.29 is 9.59 Å². The van der Waals surface area contributed by atoms with Crippen LogP contribution in [0.2, 0.25) is 0 Å². The number of amides is 2. The van der Waals surface area contributed by atoms with Crippen LogP contribution in [0.5, 0.6) is 0 Å². The number of pyridine rings is 2. The molecule has 0 radical (unpaired) electrons. The Kier molecular flexibility index (Phi) is 3.85. The van der Waals surface area contributed by atoms with Crippen molar-refractivity contribution in [2.75, 3.05) is 5.32 Å². The summed E-state index contributed by atoms with van der Waals surface area (Å²) in [7, 11) is 0. The average Bonchev–Trinajstić information content (AvgIpc) is 3.08. The van der Waals surface area contributed by atoms with Crippen LogP contribution >= 0.6 is 0 Å². The average molecular weight is 332 g/mol. The van der Waals surface area contributed by atoms with E-state index in [-0.39, 0.29) is 17.9 Å². The SMILES string of the molecule is O=C1CCC(c2cccc(NC(=O)c3nccc4ncccc34)c2)N1. The van der Waals surface area contributed by atoms with Crippen LogP contribution in [0.25, 0.3) is 10.9 Å². The van der Waals surface area contributed by atoms with Crippen molar-refractivity contribution in [1.82, 2.24) is 15.3 Å². The number of hydrogen-bond acceptors (Lipinski definition) is 4. The Labute approximate surface area is 144 Å². The van der Waals surface area contributed by atoms with Crippen molar-refractivity contribution in [2.24, 2.45) is 0 Å². The van der Waals surface area contributed by atoms with Crippen LogP contribution in [0.3, 0.4) is 0 Å². The van der Waals surface area contributed by atoms with Gasteiger partial charge in [-0.3, -0.25) is 19.6 Å². The molecule has 1 aliphatic heterocycles. The maximum Gasteiger partial charge on any atom is 0.274 e. The topological polar surface area (TPSA) is 84.0 Å². The van der Waals surface area contributed by atoms with Gasteiger partial charge in [-0.25, -0.2) is 0 Å². The van der Waals surface area contributed by atoms with E-state index in [4.69, 9.17) is 0 Å². The van der Waals surface area contributed by atoms with E-state index in [0.29, 0.717) is 23.2 Å². The van der Waals surface area contributed by atoms with Gasteiger partial charge in [-0.15, -0.1) is 0 Å². The van der Waals surface area contributed by atoms with Gasteiger partial charge >= 0.3 is 0 Å². The molecule has 1 fully saturated rings. The highest BCUT2D eigenvalue weighted by atomic mass is 16.2. The Bertz CT molecular complexity index is 965. The third kappa shape index (κ3) is 3.06. The number of aromatic nitrogens is 2. The minimum absolute atomic E-state index is 0.00392. The fraction of sp³-hybridized carbons (Fsp3) is 0.158. The fourth-order valence-corrected chi connectivity index (χ4v) is 3.07. The van der Waals surface area contributed by atoms with Gasteiger partial charge in [0.15, 0.2) is 0 Å². The fourth-order valence-electron chi connectivity index (χ4n) is 3.07. The van der Waals surface area contributed by atoms with E-state index in [1.807, 2.05) is 30.3 Å². The van der Waals surface area contributed by atoms with Crippen molar-refractivity contribution >= 4 is 28.4 Å². The molecule has 0 bridgehead atoms. The number of anilines is 1. The van der Waals surface area contributed by atoms with E-state index in [2.05, 4.69) is 20.6 Å². The molecule has 6 nitrogen and oxygen atoms in total. The Hall–Kier alpha value is -3.28. The summed E-state index contributed by atoms with van der Waals surface area (Å²) in [6.07, 6.45) is 4.57. The summed E-state index contributed by atoms with van der Waals surface area (Å²) in [5.41, 5.74) is 2.72. The number of fused-ring (bicyclic) bond motifs is 1. The van der Waals surface area contributed by atoms with Crippen LogP contribution in [0.15, 0.2) is 54.9 Å². The zero-order valence-corrected chi connectivity index (χ0v) is 13.4. The number of carbonyl (C=O) groups is 2. The van der Waals surface area contributed by atoms with E-state index in [9.17, 15) is 9.59 Å². The maximum absolute atomic E-state index is 12.6. The Balaban J connectivity index is 1.59. The predicted molar refractivity (Wildman–Crippen MR) is 94.1 cm³/mol. The van der Waals surface area contributed by atoms with Gasteiger partial charge in [-0.1, -0.05) is 12.1 Å². The van der Waals surface area contributed by atoms with Gasteiger partial charge in [0.05, 0.1) is 11.6 Å². The number of rotatable bonds is 3. The third-order valence-electron chi connectivity index (χ3n) is 4.29. The van der Waals surface area contributed by atoms with Gasteiger partial charge in [0, 0.05) is 29.9 Å². The zero-order valence-electron chi connectivity index (χ0n) is 13.4. The lowest BCUT2D eigenvalue weighted by molar-refractivity contribution is -0.119. The number of hydrogen-bond donors (Lipinski definition) is 2. The lowest BCUT2D eigenvalue weighted by atomic mass is 10.0. The molecule has 4 rings (SSSR count). The van der Waals surface area contributed by atoms with Gasteiger partial charge in [0.25, 0.3) is 5.91 Å². The van der Waals surface area contributed by atoms with Gasteiger partial charge < -0.3 is 10.6 Å². The Morgan fingerprint density at radius 3 is 2.88 bits per heavy atom. The van der Waals surface area contributed by atoms with Crippen LogP contribution in [-0.4, -0.2) is 21.8 Å². The van der Waals surface area contributed by atoms with Crippen LogP contribution in [0.4, 0.5) is 5.69 Å². The normalized spacial score (nSPS) is 16.6. The summed E-state index contributed by atoms with van der Waals surface area (Å²) in [4.78, 5) is 32.5. The van der Waals surface area contributed by atoms with E-state index in [1.165, 1.54) is 0 Å². The molecule has 2 amide bonds. The van der Waals surface area contributed by atoms with Crippen LogP contribution in [-0.2, 0) is 4.79 Å². The summed E-state index contributed by atoms with van der Waals surface area (Å²) >= 11 is 0. The summed E-state index contributed by atoms with van der Waals surface area (Å²) in [6.45, 7) is 0. The molecule has 1 aliphatic rings. The largest absolute Gasteiger partial charge is 0.349 e. The standard InChI is InChI=1S/C19H16N4O2/c24-17-7-6-15(23-17)12-3-1-4-13(11-12)22-19(25)18-14-5-2-9-20-16(14)8-10-21-18/h1-5,8-11,15H,6-7H2,(H,22,25)(H,23,24). The van der Waals surface area contributed by atoms with Crippen molar-refractivity contribution in [2.45, 2.75) is 18.9 Å². The first kappa shape index (κ1) is 15.3.